The predicted octanol–water partition coefficient (Wildman–Crippen LogP) is 4.71. The molecule has 3 atom stereocenters. The van der Waals surface area contributed by atoms with Crippen LogP contribution in [0, 0.1) is 5.92 Å². The van der Waals surface area contributed by atoms with Gasteiger partial charge in [-0.15, -0.1) is 0 Å². The zero-order valence-corrected chi connectivity index (χ0v) is 19.0. The van der Waals surface area contributed by atoms with E-state index < -0.39 is 10.0 Å². The number of hydrogen-bond donors (Lipinski definition) is 3. The summed E-state index contributed by atoms with van der Waals surface area (Å²) < 4.78 is 34.0. The zero-order chi connectivity index (χ0) is 23.0. The number of rotatable bonds is 6. The Hall–Kier alpha value is -3.29. The summed E-state index contributed by atoms with van der Waals surface area (Å²) in [5, 5.41) is 14.3. The maximum absolute atomic E-state index is 13.0. The van der Waals surface area contributed by atoms with Crippen molar-refractivity contribution < 1.29 is 18.3 Å². The van der Waals surface area contributed by atoms with Crippen LogP contribution in [0.5, 0.6) is 11.5 Å². The normalized spacial score (nSPS) is 21.2. The van der Waals surface area contributed by atoms with Crippen LogP contribution in [0.4, 0.5) is 5.69 Å². The van der Waals surface area contributed by atoms with Gasteiger partial charge in [-0.2, -0.15) is 0 Å². The first-order chi connectivity index (χ1) is 16.0. The van der Waals surface area contributed by atoms with Crippen molar-refractivity contribution >= 4 is 15.7 Å². The van der Waals surface area contributed by atoms with Gasteiger partial charge in [0.2, 0.25) is 10.0 Å². The second-order valence-electron chi connectivity index (χ2n) is 8.43. The molecule has 0 fully saturated rings. The highest BCUT2D eigenvalue weighted by molar-refractivity contribution is 7.89. The number of nitrogens with one attached hydrogen (secondary N) is 2. The topological polar surface area (TPSA) is 87.7 Å². The van der Waals surface area contributed by atoms with E-state index in [4.69, 9.17) is 4.74 Å². The number of phenolic OH excluding ortho intramolecular Hbond substituents is 1. The van der Waals surface area contributed by atoms with Crippen molar-refractivity contribution in [3.05, 3.63) is 95.6 Å². The van der Waals surface area contributed by atoms with Crippen LogP contribution in [0.2, 0.25) is 0 Å². The van der Waals surface area contributed by atoms with Crippen molar-refractivity contribution in [2.24, 2.45) is 5.92 Å². The fourth-order valence-electron chi connectivity index (χ4n) is 4.86. The number of methoxy groups -OCH3 is 1. The molecule has 0 amide bonds. The molecular weight excluding hydrogens is 436 g/mol. The molecule has 0 saturated carbocycles. The molecule has 1 aliphatic heterocycles. The Morgan fingerprint density at radius 1 is 1.06 bits per heavy atom. The van der Waals surface area contributed by atoms with E-state index in [0.29, 0.717) is 5.75 Å². The number of allylic oxidation sites excluding steroid dienone is 2. The van der Waals surface area contributed by atoms with Crippen LogP contribution in [0.1, 0.15) is 35.1 Å². The summed E-state index contributed by atoms with van der Waals surface area (Å²) in [6, 6.07) is 20.1. The number of sulfonamides is 1. The Labute approximate surface area is 194 Å². The first kappa shape index (κ1) is 21.6. The van der Waals surface area contributed by atoms with Gasteiger partial charge in [0, 0.05) is 23.7 Å². The molecule has 3 aromatic rings. The Morgan fingerprint density at radius 2 is 1.88 bits per heavy atom. The fourth-order valence-corrected chi connectivity index (χ4v) is 5.91. The van der Waals surface area contributed by atoms with E-state index in [-0.39, 0.29) is 35.1 Å². The van der Waals surface area contributed by atoms with Gasteiger partial charge in [0.05, 0.1) is 18.0 Å². The third-order valence-electron chi connectivity index (χ3n) is 6.54. The minimum absolute atomic E-state index is 0.0566. The molecular formula is C26H26N2O4S. The number of anilines is 1. The van der Waals surface area contributed by atoms with Crippen LogP contribution < -0.4 is 14.8 Å². The Bertz CT molecular complexity index is 1310. The Kier molecular flexibility index (Phi) is 5.60. The number of fused-ring (bicyclic) bond motifs is 3. The highest BCUT2D eigenvalue weighted by Gasteiger charge is 2.39. The monoisotopic (exact) mass is 462 g/mol. The zero-order valence-electron chi connectivity index (χ0n) is 18.2. The van der Waals surface area contributed by atoms with E-state index >= 15 is 0 Å². The molecule has 1 aliphatic carbocycles. The van der Waals surface area contributed by atoms with Crippen molar-refractivity contribution in [3.63, 3.8) is 0 Å². The summed E-state index contributed by atoms with van der Waals surface area (Å²) in [5.41, 5.74) is 3.51. The molecule has 170 valence electrons. The smallest absolute Gasteiger partial charge is 0.240 e. The first-order valence-electron chi connectivity index (χ1n) is 10.9. The van der Waals surface area contributed by atoms with Gasteiger partial charge in [0.15, 0.2) is 11.5 Å². The summed E-state index contributed by atoms with van der Waals surface area (Å²) >= 11 is 0. The molecule has 0 bridgehead atoms. The number of para-hydroxylation sites is 1. The van der Waals surface area contributed by atoms with Crippen LogP contribution in [0.25, 0.3) is 0 Å². The Morgan fingerprint density at radius 3 is 2.67 bits per heavy atom. The van der Waals surface area contributed by atoms with Crippen LogP contribution in [-0.2, 0) is 16.6 Å². The molecule has 1 heterocycles. The van der Waals surface area contributed by atoms with Gasteiger partial charge in [-0.05, 0) is 47.7 Å². The van der Waals surface area contributed by atoms with Crippen LogP contribution >= 0.6 is 0 Å². The van der Waals surface area contributed by atoms with E-state index in [1.807, 2.05) is 48.5 Å². The van der Waals surface area contributed by atoms with Crippen molar-refractivity contribution in [2.75, 3.05) is 12.4 Å². The predicted molar refractivity (Wildman–Crippen MR) is 128 cm³/mol. The lowest BCUT2D eigenvalue weighted by molar-refractivity contribution is 0.358. The molecule has 6 nitrogen and oxygen atoms in total. The molecule has 3 N–H and O–H groups in total. The molecule has 3 unspecified atom stereocenters. The van der Waals surface area contributed by atoms with E-state index in [1.54, 1.807) is 18.2 Å². The summed E-state index contributed by atoms with van der Waals surface area (Å²) in [7, 11) is -2.12. The summed E-state index contributed by atoms with van der Waals surface area (Å²) in [6.45, 7) is 0.238. The SMILES string of the molecule is COc1cccc(C2Nc3ccc(S(=O)(=O)NCc4ccccc4)cc3C3C=CCC32)c1O. The lowest BCUT2D eigenvalue weighted by Gasteiger charge is -2.38. The summed E-state index contributed by atoms with van der Waals surface area (Å²) in [4.78, 5) is 0.251. The van der Waals surface area contributed by atoms with Crippen molar-refractivity contribution in [1.29, 1.82) is 0 Å². The molecule has 0 spiro atoms. The van der Waals surface area contributed by atoms with E-state index in [1.165, 1.54) is 7.11 Å². The van der Waals surface area contributed by atoms with Crippen LogP contribution in [-0.4, -0.2) is 20.6 Å². The lowest BCUT2D eigenvalue weighted by Crippen LogP contribution is -2.30. The minimum Gasteiger partial charge on any atom is -0.504 e. The molecule has 0 saturated heterocycles. The van der Waals surface area contributed by atoms with Crippen molar-refractivity contribution in [1.82, 2.24) is 4.72 Å². The third kappa shape index (κ3) is 3.98. The molecule has 2 aliphatic rings. The van der Waals surface area contributed by atoms with E-state index in [2.05, 4.69) is 22.2 Å². The van der Waals surface area contributed by atoms with Gasteiger partial charge in [-0.25, -0.2) is 13.1 Å². The average molecular weight is 463 g/mol. The van der Waals surface area contributed by atoms with Crippen molar-refractivity contribution in [2.45, 2.75) is 29.8 Å². The fraction of sp³-hybridized carbons (Fsp3) is 0.231. The van der Waals surface area contributed by atoms with E-state index in [0.717, 1.165) is 28.8 Å². The lowest BCUT2D eigenvalue weighted by atomic mass is 9.77. The molecule has 0 aromatic heterocycles. The second kappa shape index (κ2) is 8.57. The summed E-state index contributed by atoms with van der Waals surface area (Å²) in [6.07, 6.45) is 5.11. The number of hydrogen-bond acceptors (Lipinski definition) is 5. The molecule has 7 heteroatoms. The average Bonchev–Trinajstić information content (AvgIpc) is 3.33. The molecule has 5 rings (SSSR count). The maximum atomic E-state index is 13.0. The van der Waals surface area contributed by atoms with Crippen LogP contribution in [0.15, 0.2) is 83.8 Å². The second-order valence-corrected chi connectivity index (χ2v) is 10.2. The first-order valence-corrected chi connectivity index (χ1v) is 12.4. The number of ether oxygens (including phenoxy) is 1. The maximum Gasteiger partial charge on any atom is 0.240 e. The highest BCUT2D eigenvalue weighted by atomic mass is 32.2. The van der Waals surface area contributed by atoms with E-state index in [9.17, 15) is 13.5 Å². The van der Waals surface area contributed by atoms with Gasteiger partial charge in [-0.3, -0.25) is 0 Å². The summed E-state index contributed by atoms with van der Waals surface area (Å²) in [5.74, 6) is 0.788. The molecule has 33 heavy (non-hydrogen) atoms. The molecule has 3 aromatic carbocycles. The van der Waals surface area contributed by atoms with Gasteiger partial charge in [0.1, 0.15) is 0 Å². The van der Waals surface area contributed by atoms with Gasteiger partial charge in [0.25, 0.3) is 0 Å². The number of aromatic hydroxyl groups is 1. The number of phenols is 1. The minimum atomic E-state index is -3.66. The Balaban J connectivity index is 1.46. The van der Waals surface area contributed by atoms with Gasteiger partial charge < -0.3 is 15.2 Å². The third-order valence-corrected chi connectivity index (χ3v) is 7.94. The van der Waals surface area contributed by atoms with Gasteiger partial charge >= 0.3 is 0 Å². The van der Waals surface area contributed by atoms with Crippen molar-refractivity contribution in [3.8, 4) is 11.5 Å². The van der Waals surface area contributed by atoms with Gasteiger partial charge in [-0.1, -0.05) is 54.6 Å². The molecule has 0 radical (unpaired) electrons. The largest absolute Gasteiger partial charge is 0.504 e. The number of benzene rings is 3. The quantitative estimate of drug-likeness (QED) is 0.462. The highest BCUT2D eigenvalue weighted by Crippen LogP contribution is 2.52. The van der Waals surface area contributed by atoms with Crippen LogP contribution in [0.3, 0.4) is 0 Å². The standard InChI is InChI=1S/C26H26N2O4S/c1-32-24-12-6-11-21(26(24)29)25-20-10-5-9-19(20)22-15-18(13-14-23(22)28-25)33(30,31)27-16-17-7-3-2-4-8-17/h2-9,11-15,19-20,25,27-29H,10,16H2,1H3.